The van der Waals surface area contributed by atoms with Gasteiger partial charge in [0.15, 0.2) is 11.2 Å². The Balaban J connectivity index is 0.000000845. The number of aromatic nitrogens is 4. The molecule has 0 spiro atoms. The highest BCUT2D eigenvalue weighted by molar-refractivity contribution is 8.93. The normalized spacial score (nSPS) is 9.92. The summed E-state index contributed by atoms with van der Waals surface area (Å²) in [6.07, 6.45) is 1.52. The lowest BCUT2D eigenvalue weighted by Gasteiger charge is -1.93. The standard InChI is InChI=1S/C6H7N5O.BrH/c1-11-2-8-3-4(11)9-6(7)10-5(3)12;/h2H,1H3,(H3,7,9,10,12);1H. The topological polar surface area (TPSA) is 89.6 Å². The van der Waals surface area contributed by atoms with Crippen LogP contribution in [-0.4, -0.2) is 19.5 Å². The highest BCUT2D eigenvalue weighted by atomic mass is 79.9. The fourth-order valence-corrected chi connectivity index (χ4v) is 1.03. The molecule has 0 aliphatic heterocycles. The van der Waals surface area contributed by atoms with Crippen LogP contribution in [0.15, 0.2) is 11.1 Å². The van der Waals surface area contributed by atoms with Crippen molar-refractivity contribution < 1.29 is 0 Å². The van der Waals surface area contributed by atoms with Gasteiger partial charge in [0, 0.05) is 7.05 Å². The highest BCUT2D eigenvalue weighted by Crippen LogP contribution is 2.02. The van der Waals surface area contributed by atoms with Gasteiger partial charge in [-0.05, 0) is 0 Å². The third-order valence-electron chi connectivity index (χ3n) is 1.59. The lowest BCUT2D eigenvalue weighted by Crippen LogP contribution is -2.11. The predicted octanol–water partition coefficient (Wildman–Crippen LogP) is -0.183. The summed E-state index contributed by atoms with van der Waals surface area (Å²) in [5.74, 6) is 0.108. The van der Waals surface area contributed by atoms with Gasteiger partial charge in [0.05, 0.1) is 6.33 Å². The average Bonchev–Trinajstić information content (AvgIpc) is 2.33. The molecule has 2 rings (SSSR count). The minimum absolute atomic E-state index is 0. The third kappa shape index (κ3) is 1.42. The van der Waals surface area contributed by atoms with E-state index in [2.05, 4.69) is 15.0 Å². The van der Waals surface area contributed by atoms with Crippen LogP contribution in [0.4, 0.5) is 5.95 Å². The number of halogens is 1. The number of imidazole rings is 1. The number of nitrogens with two attached hydrogens (primary N) is 1. The van der Waals surface area contributed by atoms with E-state index in [4.69, 9.17) is 5.73 Å². The molecule has 0 aromatic carbocycles. The van der Waals surface area contributed by atoms with E-state index in [1.54, 1.807) is 11.6 Å². The Hall–Kier alpha value is -1.37. The van der Waals surface area contributed by atoms with Crippen LogP contribution in [0, 0.1) is 0 Å². The van der Waals surface area contributed by atoms with E-state index < -0.39 is 0 Å². The highest BCUT2D eigenvalue weighted by Gasteiger charge is 2.05. The van der Waals surface area contributed by atoms with Gasteiger partial charge in [-0.1, -0.05) is 0 Å². The second-order valence-corrected chi connectivity index (χ2v) is 2.48. The van der Waals surface area contributed by atoms with Crippen molar-refractivity contribution in [1.82, 2.24) is 19.5 Å². The van der Waals surface area contributed by atoms with Crippen molar-refractivity contribution in [2.75, 3.05) is 5.73 Å². The van der Waals surface area contributed by atoms with E-state index in [9.17, 15) is 4.79 Å². The molecule has 6 nitrogen and oxygen atoms in total. The fraction of sp³-hybridized carbons (Fsp3) is 0.167. The first kappa shape index (κ1) is 9.72. The number of fused-ring (bicyclic) bond motifs is 1. The minimum atomic E-state index is -0.307. The molecule has 0 radical (unpaired) electrons. The number of anilines is 1. The van der Waals surface area contributed by atoms with Crippen LogP contribution in [0.1, 0.15) is 0 Å². The number of hydrogen-bond acceptors (Lipinski definition) is 4. The summed E-state index contributed by atoms with van der Waals surface area (Å²) < 4.78 is 1.64. The number of rotatable bonds is 0. The van der Waals surface area contributed by atoms with Gasteiger partial charge in [0.1, 0.15) is 0 Å². The van der Waals surface area contributed by atoms with E-state index in [1.807, 2.05) is 0 Å². The Morgan fingerprint density at radius 3 is 3.00 bits per heavy atom. The van der Waals surface area contributed by atoms with Gasteiger partial charge in [-0.25, -0.2) is 4.98 Å². The van der Waals surface area contributed by atoms with Crippen molar-refractivity contribution in [1.29, 1.82) is 0 Å². The molecular weight excluding hydrogens is 238 g/mol. The summed E-state index contributed by atoms with van der Waals surface area (Å²) >= 11 is 0. The van der Waals surface area contributed by atoms with Crippen molar-refractivity contribution in [3.05, 3.63) is 16.7 Å². The Bertz CT molecular complexity index is 487. The third-order valence-corrected chi connectivity index (χ3v) is 1.59. The lowest BCUT2D eigenvalue weighted by atomic mass is 10.5. The van der Waals surface area contributed by atoms with Gasteiger partial charge < -0.3 is 10.3 Å². The number of nitrogens with one attached hydrogen (secondary N) is 1. The van der Waals surface area contributed by atoms with Crippen LogP contribution in [0.25, 0.3) is 11.2 Å². The van der Waals surface area contributed by atoms with Crippen molar-refractivity contribution in [2.24, 2.45) is 7.05 Å². The summed E-state index contributed by atoms with van der Waals surface area (Å²) in [4.78, 5) is 21.3. The Kier molecular flexibility index (Phi) is 2.37. The molecule has 0 atom stereocenters. The maximum Gasteiger partial charge on any atom is 0.280 e. The molecule has 2 aromatic rings. The van der Waals surface area contributed by atoms with Crippen molar-refractivity contribution >= 4 is 34.1 Å². The summed E-state index contributed by atoms with van der Waals surface area (Å²) in [6, 6.07) is 0. The zero-order valence-corrected chi connectivity index (χ0v) is 8.53. The second-order valence-electron chi connectivity index (χ2n) is 2.48. The quantitative estimate of drug-likeness (QED) is 0.674. The fourth-order valence-electron chi connectivity index (χ4n) is 1.03. The van der Waals surface area contributed by atoms with Gasteiger partial charge in [0.2, 0.25) is 5.95 Å². The molecule has 70 valence electrons. The lowest BCUT2D eigenvalue weighted by molar-refractivity contribution is 0.929. The number of nitrogen functional groups attached to an aromatic ring is 1. The Labute approximate surface area is 83.6 Å². The molecule has 0 saturated heterocycles. The molecule has 7 heteroatoms. The van der Waals surface area contributed by atoms with E-state index in [1.165, 1.54) is 6.33 Å². The Morgan fingerprint density at radius 2 is 2.31 bits per heavy atom. The van der Waals surface area contributed by atoms with Crippen LogP contribution < -0.4 is 11.3 Å². The molecule has 0 fully saturated rings. The molecule has 13 heavy (non-hydrogen) atoms. The van der Waals surface area contributed by atoms with Gasteiger partial charge in [-0.2, -0.15) is 4.98 Å². The van der Waals surface area contributed by atoms with Crippen LogP contribution in [0.2, 0.25) is 0 Å². The van der Waals surface area contributed by atoms with E-state index in [0.29, 0.717) is 11.2 Å². The molecule has 0 unspecified atom stereocenters. The summed E-state index contributed by atoms with van der Waals surface area (Å²) in [5, 5.41) is 0. The van der Waals surface area contributed by atoms with Gasteiger partial charge >= 0.3 is 0 Å². The molecule has 0 bridgehead atoms. The maximum absolute atomic E-state index is 11.2. The van der Waals surface area contributed by atoms with Gasteiger partial charge in [-0.3, -0.25) is 9.78 Å². The maximum atomic E-state index is 11.2. The smallest absolute Gasteiger partial charge is 0.280 e. The first-order valence-electron chi connectivity index (χ1n) is 3.35. The second kappa shape index (κ2) is 3.17. The first-order chi connectivity index (χ1) is 5.68. The van der Waals surface area contributed by atoms with Crippen molar-refractivity contribution in [2.45, 2.75) is 0 Å². The molecular formula is C6H8BrN5O. The molecule has 0 aliphatic carbocycles. The molecule has 2 heterocycles. The Morgan fingerprint density at radius 1 is 1.62 bits per heavy atom. The number of aryl methyl sites for hydroxylation is 1. The minimum Gasteiger partial charge on any atom is -0.369 e. The summed E-state index contributed by atoms with van der Waals surface area (Å²) in [6.45, 7) is 0. The van der Waals surface area contributed by atoms with Crippen LogP contribution >= 0.6 is 17.0 Å². The van der Waals surface area contributed by atoms with E-state index >= 15 is 0 Å². The van der Waals surface area contributed by atoms with Gasteiger partial charge in [0.25, 0.3) is 5.56 Å². The van der Waals surface area contributed by atoms with E-state index in [-0.39, 0.29) is 28.5 Å². The first-order valence-corrected chi connectivity index (χ1v) is 3.35. The number of nitrogens with zero attached hydrogens (tertiary/aromatic N) is 3. The zero-order valence-electron chi connectivity index (χ0n) is 6.81. The van der Waals surface area contributed by atoms with Gasteiger partial charge in [-0.15, -0.1) is 17.0 Å². The van der Waals surface area contributed by atoms with Crippen molar-refractivity contribution in [3.8, 4) is 0 Å². The SMILES string of the molecule is Br.Cn1cnc2c(=O)[nH]c(N)nc21. The molecule has 0 amide bonds. The zero-order chi connectivity index (χ0) is 8.72. The number of aromatic amines is 1. The van der Waals surface area contributed by atoms with Crippen LogP contribution in [0.5, 0.6) is 0 Å². The molecule has 2 aromatic heterocycles. The predicted molar refractivity (Wildman–Crippen MR) is 53.9 cm³/mol. The van der Waals surface area contributed by atoms with Crippen molar-refractivity contribution in [3.63, 3.8) is 0 Å². The largest absolute Gasteiger partial charge is 0.369 e. The van der Waals surface area contributed by atoms with Crippen LogP contribution in [-0.2, 0) is 7.05 Å². The molecule has 0 saturated carbocycles. The number of hydrogen-bond donors (Lipinski definition) is 2. The number of H-pyrrole nitrogens is 1. The van der Waals surface area contributed by atoms with Crippen LogP contribution in [0.3, 0.4) is 0 Å². The molecule has 0 aliphatic rings. The average molecular weight is 246 g/mol. The molecule has 3 N–H and O–H groups in total. The summed E-state index contributed by atoms with van der Waals surface area (Å²) in [5.41, 5.74) is 5.85. The monoisotopic (exact) mass is 245 g/mol. The van der Waals surface area contributed by atoms with E-state index in [0.717, 1.165) is 0 Å². The summed E-state index contributed by atoms with van der Waals surface area (Å²) in [7, 11) is 1.75.